The topological polar surface area (TPSA) is 64.7 Å². The molecule has 2 heterocycles. The van der Waals surface area contributed by atoms with E-state index in [1.165, 1.54) is 10.9 Å². The van der Waals surface area contributed by atoms with Crippen LogP contribution in [0.1, 0.15) is 5.56 Å². The maximum absolute atomic E-state index is 12.0. The van der Waals surface area contributed by atoms with Crippen LogP contribution < -0.4 is 5.32 Å². The van der Waals surface area contributed by atoms with Crippen LogP contribution in [0, 0.1) is 0 Å². The first kappa shape index (κ1) is 16.8. The second-order valence-corrected chi connectivity index (χ2v) is 6.33. The predicted octanol–water partition coefficient (Wildman–Crippen LogP) is 3.73. The molecule has 3 aromatic rings. The van der Waals surface area contributed by atoms with Crippen molar-refractivity contribution in [2.24, 2.45) is 0 Å². The number of nitrogens with zero attached hydrogens (tertiary/aromatic N) is 4. The van der Waals surface area contributed by atoms with Gasteiger partial charge in [-0.15, -0.1) is 0 Å². The van der Waals surface area contributed by atoms with Crippen LogP contribution >= 0.6 is 34.8 Å². The molecule has 3 rings (SSSR count). The quantitative estimate of drug-likeness (QED) is 0.729. The first-order valence-corrected chi connectivity index (χ1v) is 8.08. The van der Waals surface area contributed by atoms with Crippen molar-refractivity contribution in [1.82, 2.24) is 19.6 Å². The Bertz CT molecular complexity index is 856. The van der Waals surface area contributed by atoms with Crippen molar-refractivity contribution in [1.29, 1.82) is 0 Å². The van der Waals surface area contributed by atoms with Gasteiger partial charge in [-0.2, -0.15) is 10.2 Å². The van der Waals surface area contributed by atoms with Crippen LogP contribution in [0.3, 0.4) is 0 Å². The molecule has 0 unspecified atom stereocenters. The Kier molecular flexibility index (Phi) is 5.08. The summed E-state index contributed by atoms with van der Waals surface area (Å²) >= 11 is 17.7. The van der Waals surface area contributed by atoms with E-state index in [-0.39, 0.29) is 12.5 Å². The molecule has 9 heteroatoms. The van der Waals surface area contributed by atoms with Crippen LogP contribution in [0.25, 0.3) is 0 Å². The molecule has 1 aromatic carbocycles. The molecule has 1 N–H and O–H groups in total. The van der Waals surface area contributed by atoms with Crippen LogP contribution in [-0.4, -0.2) is 25.5 Å². The van der Waals surface area contributed by atoms with E-state index >= 15 is 0 Å². The standard InChI is InChI=1S/C15H12Cl3N5O/c16-11-3-1-10(2-4-11)6-23-8-13(18)15(21-23)20-14(24)9-22-7-12(17)5-19-22/h1-5,7-8H,6,9H2,(H,20,21,24). The van der Waals surface area contributed by atoms with Crippen molar-refractivity contribution < 1.29 is 4.79 Å². The fourth-order valence-electron chi connectivity index (χ4n) is 2.08. The molecule has 6 nitrogen and oxygen atoms in total. The number of anilines is 1. The Morgan fingerprint density at radius 3 is 2.46 bits per heavy atom. The lowest BCUT2D eigenvalue weighted by atomic mass is 10.2. The molecule has 0 aliphatic heterocycles. The van der Waals surface area contributed by atoms with Crippen molar-refractivity contribution in [3.05, 3.63) is 63.5 Å². The molecule has 0 bridgehead atoms. The van der Waals surface area contributed by atoms with Gasteiger partial charge in [-0.3, -0.25) is 14.2 Å². The van der Waals surface area contributed by atoms with Crippen molar-refractivity contribution in [2.45, 2.75) is 13.1 Å². The van der Waals surface area contributed by atoms with E-state index in [9.17, 15) is 4.79 Å². The van der Waals surface area contributed by atoms with Gasteiger partial charge in [0.25, 0.3) is 0 Å². The summed E-state index contributed by atoms with van der Waals surface area (Å²) in [5.74, 6) is 0.00212. The Morgan fingerprint density at radius 1 is 1.04 bits per heavy atom. The number of carbonyl (C=O) groups is 1. The minimum absolute atomic E-state index is 0.0209. The fraction of sp³-hybridized carbons (Fsp3) is 0.133. The van der Waals surface area contributed by atoms with Crippen LogP contribution in [0.4, 0.5) is 5.82 Å². The van der Waals surface area contributed by atoms with Gasteiger partial charge in [0.1, 0.15) is 11.6 Å². The monoisotopic (exact) mass is 383 g/mol. The summed E-state index contributed by atoms with van der Waals surface area (Å²) in [7, 11) is 0. The van der Waals surface area contributed by atoms with E-state index in [0.29, 0.717) is 27.4 Å². The average Bonchev–Trinajstić information content (AvgIpc) is 3.08. The summed E-state index contributed by atoms with van der Waals surface area (Å²) in [6, 6.07) is 7.41. The highest BCUT2D eigenvalue weighted by atomic mass is 35.5. The largest absolute Gasteiger partial charge is 0.306 e. The maximum Gasteiger partial charge on any atom is 0.247 e. The number of rotatable bonds is 5. The molecule has 0 atom stereocenters. The third-order valence-corrected chi connectivity index (χ3v) is 3.86. The summed E-state index contributed by atoms with van der Waals surface area (Å²) < 4.78 is 3.07. The zero-order valence-electron chi connectivity index (χ0n) is 12.3. The van der Waals surface area contributed by atoms with Crippen molar-refractivity contribution >= 4 is 46.5 Å². The molecule has 0 aliphatic carbocycles. The zero-order chi connectivity index (χ0) is 17.1. The molecule has 0 fully saturated rings. The van der Waals surface area contributed by atoms with Crippen molar-refractivity contribution in [2.75, 3.05) is 5.32 Å². The number of aromatic nitrogens is 4. The molecule has 0 saturated carbocycles. The highest BCUT2D eigenvalue weighted by Crippen LogP contribution is 2.20. The van der Waals surface area contributed by atoms with Crippen molar-refractivity contribution in [3.8, 4) is 0 Å². The summed E-state index contributed by atoms with van der Waals surface area (Å²) in [6.45, 7) is 0.536. The second-order valence-electron chi connectivity index (χ2n) is 5.05. The number of hydrogen-bond donors (Lipinski definition) is 1. The molecular weight excluding hydrogens is 373 g/mol. The Morgan fingerprint density at radius 2 is 1.79 bits per heavy atom. The number of hydrogen-bond acceptors (Lipinski definition) is 3. The predicted molar refractivity (Wildman–Crippen MR) is 93.7 cm³/mol. The first-order valence-electron chi connectivity index (χ1n) is 6.95. The number of carbonyl (C=O) groups excluding carboxylic acids is 1. The highest BCUT2D eigenvalue weighted by molar-refractivity contribution is 6.33. The Hall–Kier alpha value is -2.02. The van der Waals surface area contributed by atoms with Gasteiger partial charge >= 0.3 is 0 Å². The van der Waals surface area contributed by atoms with E-state index < -0.39 is 0 Å². The smallest absolute Gasteiger partial charge is 0.247 e. The highest BCUT2D eigenvalue weighted by Gasteiger charge is 2.12. The van der Waals surface area contributed by atoms with Crippen LogP contribution in [0.15, 0.2) is 42.9 Å². The molecule has 24 heavy (non-hydrogen) atoms. The minimum Gasteiger partial charge on any atom is -0.306 e. The summed E-state index contributed by atoms with van der Waals surface area (Å²) in [6.07, 6.45) is 4.67. The number of nitrogens with one attached hydrogen (secondary N) is 1. The van der Waals surface area contributed by atoms with E-state index in [2.05, 4.69) is 15.5 Å². The lowest BCUT2D eigenvalue weighted by Gasteiger charge is -2.03. The van der Waals surface area contributed by atoms with Gasteiger partial charge in [0.15, 0.2) is 5.82 Å². The molecule has 1 amide bonds. The van der Waals surface area contributed by atoms with Gasteiger partial charge in [-0.05, 0) is 17.7 Å². The van der Waals surface area contributed by atoms with Crippen LogP contribution in [-0.2, 0) is 17.9 Å². The van der Waals surface area contributed by atoms with Gasteiger partial charge in [-0.25, -0.2) is 0 Å². The summed E-state index contributed by atoms with van der Waals surface area (Å²) in [5.41, 5.74) is 1.02. The summed E-state index contributed by atoms with van der Waals surface area (Å²) in [4.78, 5) is 12.0. The van der Waals surface area contributed by atoms with Gasteiger partial charge in [0.05, 0.1) is 17.8 Å². The second kappa shape index (κ2) is 7.25. The number of halogens is 3. The maximum atomic E-state index is 12.0. The molecule has 0 saturated heterocycles. The van der Waals surface area contributed by atoms with E-state index in [1.807, 2.05) is 12.1 Å². The van der Waals surface area contributed by atoms with Gasteiger partial charge in [0.2, 0.25) is 5.91 Å². The van der Waals surface area contributed by atoms with Crippen LogP contribution in [0.2, 0.25) is 15.1 Å². The number of amides is 1. The molecular formula is C15H12Cl3N5O. The minimum atomic E-state index is -0.298. The number of benzene rings is 1. The third-order valence-electron chi connectivity index (χ3n) is 3.14. The Labute approximate surface area is 152 Å². The Balaban J connectivity index is 1.65. The molecule has 0 aliphatic rings. The van der Waals surface area contributed by atoms with Crippen molar-refractivity contribution in [3.63, 3.8) is 0 Å². The lowest BCUT2D eigenvalue weighted by molar-refractivity contribution is -0.116. The van der Waals surface area contributed by atoms with E-state index in [4.69, 9.17) is 34.8 Å². The molecule has 124 valence electrons. The molecule has 2 aromatic heterocycles. The summed E-state index contributed by atoms with van der Waals surface area (Å²) in [5, 5.41) is 12.4. The van der Waals surface area contributed by atoms with Gasteiger partial charge in [0, 0.05) is 17.4 Å². The molecule has 0 spiro atoms. The van der Waals surface area contributed by atoms with Crippen LogP contribution in [0.5, 0.6) is 0 Å². The third kappa shape index (κ3) is 4.29. The van der Waals surface area contributed by atoms with Gasteiger partial charge in [-0.1, -0.05) is 46.9 Å². The molecule has 0 radical (unpaired) electrons. The zero-order valence-corrected chi connectivity index (χ0v) is 14.6. The fourth-order valence-corrected chi connectivity index (χ4v) is 2.56. The average molecular weight is 385 g/mol. The van der Waals surface area contributed by atoms with E-state index in [0.717, 1.165) is 5.56 Å². The SMILES string of the molecule is O=C(Cn1cc(Cl)cn1)Nc1nn(Cc2ccc(Cl)cc2)cc1Cl. The van der Waals surface area contributed by atoms with Gasteiger partial charge < -0.3 is 5.32 Å². The lowest BCUT2D eigenvalue weighted by Crippen LogP contribution is -2.19. The first-order chi connectivity index (χ1) is 11.5. The normalized spacial score (nSPS) is 10.8. The van der Waals surface area contributed by atoms with E-state index in [1.54, 1.807) is 29.2 Å².